The van der Waals surface area contributed by atoms with E-state index >= 15 is 0 Å². The normalized spacial score (nSPS) is 16.0. The van der Waals surface area contributed by atoms with Gasteiger partial charge >= 0.3 is 6.09 Å². The third-order valence-electron chi connectivity index (χ3n) is 3.92. The van der Waals surface area contributed by atoms with E-state index in [4.69, 9.17) is 0 Å². The Kier molecular flexibility index (Phi) is 5.40. The van der Waals surface area contributed by atoms with Crippen LogP contribution in [-0.2, 0) is 14.8 Å². The highest BCUT2D eigenvalue weighted by molar-refractivity contribution is 7.89. The monoisotopic (exact) mass is 357 g/mol. The molecule has 10 heteroatoms. The van der Waals surface area contributed by atoms with Crippen molar-refractivity contribution in [2.24, 2.45) is 0 Å². The van der Waals surface area contributed by atoms with E-state index in [0.717, 1.165) is 6.07 Å². The molecule has 0 saturated carbocycles. The van der Waals surface area contributed by atoms with Crippen molar-refractivity contribution in [3.8, 4) is 0 Å². The van der Waals surface area contributed by atoms with Crippen LogP contribution in [0.15, 0.2) is 23.1 Å². The lowest BCUT2D eigenvalue weighted by atomic mass is 10.1. The molecule has 2 rings (SSSR count). The van der Waals surface area contributed by atoms with E-state index in [9.17, 15) is 23.3 Å². The van der Waals surface area contributed by atoms with Gasteiger partial charge in [0.05, 0.1) is 16.9 Å². The smallest absolute Gasteiger partial charge is 0.409 e. The molecule has 1 aromatic carbocycles. The molecular weight excluding hydrogens is 338 g/mol. The van der Waals surface area contributed by atoms with Crippen molar-refractivity contribution in [2.45, 2.75) is 30.7 Å². The maximum absolute atomic E-state index is 12.5. The van der Waals surface area contributed by atoms with E-state index < -0.39 is 21.0 Å². The molecule has 132 valence electrons. The predicted octanol–water partition coefficient (Wildman–Crippen LogP) is 1.41. The van der Waals surface area contributed by atoms with E-state index in [0.29, 0.717) is 31.5 Å². The summed E-state index contributed by atoms with van der Waals surface area (Å²) in [5.74, 6) is 0. The maximum atomic E-state index is 12.5. The molecule has 0 aromatic heterocycles. The Labute approximate surface area is 139 Å². The van der Waals surface area contributed by atoms with Crippen LogP contribution >= 0.6 is 0 Å². The molecule has 0 aliphatic carbocycles. The van der Waals surface area contributed by atoms with E-state index in [1.165, 1.54) is 24.1 Å². The number of non-ortho nitro benzene ring substituents is 1. The van der Waals surface area contributed by atoms with Gasteiger partial charge in [-0.2, -0.15) is 0 Å². The number of methoxy groups -OCH3 is 1. The van der Waals surface area contributed by atoms with E-state index in [1.54, 1.807) is 6.92 Å². The number of carbonyl (C=O) groups is 1. The molecule has 0 radical (unpaired) electrons. The first-order valence-corrected chi connectivity index (χ1v) is 8.83. The number of aryl methyl sites for hydroxylation is 1. The number of likely N-dealkylation sites (tertiary alicyclic amines) is 1. The molecule has 1 fully saturated rings. The molecule has 0 atom stereocenters. The summed E-state index contributed by atoms with van der Waals surface area (Å²) < 4.78 is 32.3. The van der Waals surface area contributed by atoms with E-state index in [-0.39, 0.29) is 16.6 Å². The third-order valence-corrected chi connectivity index (χ3v) is 5.58. The number of ether oxygens (including phenoxy) is 1. The number of benzene rings is 1. The average molecular weight is 357 g/mol. The fourth-order valence-corrected chi connectivity index (χ4v) is 4.15. The summed E-state index contributed by atoms with van der Waals surface area (Å²) in [5.41, 5.74) is 0.154. The number of hydrogen-bond acceptors (Lipinski definition) is 6. The molecule has 1 amide bonds. The summed E-state index contributed by atoms with van der Waals surface area (Å²) >= 11 is 0. The zero-order valence-corrected chi connectivity index (χ0v) is 14.2. The van der Waals surface area contributed by atoms with Crippen molar-refractivity contribution in [3.05, 3.63) is 33.9 Å². The van der Waals surface area contributed by atoms with Crippen molar-refractivity contribution < 1.29 is 22.9 Å². The second-order valence-electron chi connectivity index (χ2n) is 5.56. The highest BCUT2D eigenvalue weighted by Crippen LogP contribution is 2.23. The zero-order valence-electron chi connectivity index (χ0n) is 13.4. The Morgan fingerprint density at radius 2 is 2.00 bits per heavy atom. The first-order chi connectivity index (χ1) is 11.2. The summed E-state index contributed by atoms with van der Waals surface area (Å²) in [6, 6.07) is 3.39. The van der Waals surface area contributed by atoms with Gasteiger partial charge in [-0.05, 0) is 25.3 Å². The highest BCUT2D eigenvalue weighted by atomic mass is 32.2. The molecule has 1 aliphatic rings. The minimum atomic E-state index is -3.88. The number of sulfonamides is 1. The van der Waals surface area contributed by atoms with Crippen LogP contribution < -0.4 is 4.72 Å². The molecule has 1 aromatic rings. The van der Waals surface area contributed by atoms with Crippen molar-refractivity contribution in [2.75, 3.05) is 20.2 Å². The molecule has 0 bridgehead atoms. The van der Waals surface area contributed by atoms with Gasteiger partial charge in [0, 0.05) is 31.3 Å². The molecule has 1 aliphatic heterocycles. The number of nitrogens with one attached hydrogen (secondary N) is 1. The zero-order chi connectivity index (χ0) is 17.9. The number of amides is 1. The summed E-state index contributed by atoms with van der Waals surface area (Å²) in [6.07, 6.45) is 0.454. The van der Waals surface area contributed by atoms with Crippen LogP contribution in [0.3, 0.4) is 0 Å². The van der Waals surface area contributed by atoms with Crippen molar-refractivity contribution in [1.82, 2.24) is 9.62 Å². The van der Waals surface area contributed by atoms with Gasteiger partial charge in [-0.3, -0.25) is 10.1 Å². The second kappa shape index (κ2) is 7.14. The Morgan fingerprint density at radius 1 is 1.38 bits per heavy atom. The topological polar surface area (TPSA) is 119 Å². The molecule has 1 saturated heterocycles. The lowest BCUT2D eigenvalue weighted by Crippen LogP contribution is -2.46. The van der Waals surface area contributed by atoms with Gasteiger partial charge in [0.25, 0.3) is 5.69 Å². The predicted molar refractivity (Wildman–Crippen MR) is 85.2 cm³/mol. The number of nitro groups is 1. The molecule has 0 unspecified atom stereocenters. The van der Waals surface area contributed by atoms with Gasteiger partial charge in [-0.1, -0.05) is 6.07 Å². The van der Waals surface area contributed by atoms with Crippen LogP contribution in [-0.4, -0.2) is 50.6 Å². The van der Waals surface area contributed by atoms with Gasteiger partial charge in [-0.25, -0.2) is 17.9 Å². The molecular formula is C14H19N3O6S. The fraction of sp³-hybridized carbons (Fsp3) is 0.500. The maximum Gasteiger partial charge on any atom is 0.409 e. The van der Waals surface area contributed by atoms with Gasteiger partial charge < -0.3 is 9.64 Å². The molecule has 1 N–H and O–H groups in total. The van der Waals surface area contributed by atoms with Crippen molar-refractivity contribution >= 4 is 21.8 Å². The van der Waals surface area contributed by atoms with Gasteiger partial charge in [0.15, 0.2) is 0 Å². The summed E-state index contributed by atoms with van der Waals surface area (Å²) in [7, 11) is -2.59. The minimum Gasteiger partial charge on any atom is -0.453 e. The van der Waals surface area contributed by atoms with E-state index in [2.05, 4.69) is 9.46 Å². The third kappa shape index (κ3) is 4.01. The lowest BCUT2D eigenvalue weighted by molar-refractivity contribution is -0.385. The number of nitrogens with zero attached hydrogens (tertiary/aromatic N) is 2. The fourth-order valence-electron chi connectivity index (χ4n) is 2.58. The van der Waals surface area contributed by atoms with Crippen LogP contribution in [0.1, 0.15) is 18.4 Å². The number of piperidine rings is 1. The van der Waals surface area contributed by atoms with Crippen molar-refractivity contribution in [1.29, 1.82) is 0 Å². The quantitative estimate of drug-likeness (QED) is 0.643. The average Bonchev–Trinajstić information content (AvgIpc) is 2.54. The van der Waals surface area contributed by atoms with Crippen LogP contribution in [0.4, 0.5) is 10.5 Å². The van der Waals surface area contributed by atoms with Crippen LogP contribution in [0.5, 0.6) is 0 Å². The van der Waals surface area contributed by atoms with E-state index in [1.807, 2.05) is 0 Å². The largest absolute Gasteiger partial charge is 0.453 e. The number of hydrogen-bond donors (Lipinski definition) is 1. The first-order valence-electron chi connectivity index (χ1n) is 7.35. The molecule has 9 nitrogen and oxygen atoms in total. The summed E-state index contributed by atoms with van der Waals surface area (Å²) in [4.78, 5) is 23.0. The van der Waals surface area contributed by atoms with Crippen LogP contribution in [0.2, 0.25) is 0 Å². The SMILES string of the molecule is COC(=O)N1CCC(NS(=O)(=O)c2cc([N+](=O)[O-])ccc2C)CC1. The standard InChI is InChI=1S/C14H19N3O6S/c1-10-3-4-12(17(19)20)9-13(10)24(21,22)15-11-5-7-16(8-6-11)14(18)23-2/h3-4,9,11,15H,5-8H2,1-2H3. The van der Waals surface area contributed by atoms with Crippen LogP contribution in [0, 0.1) is 17.0 Å². The number of carbonyl (C=O) groups excluding carboxylic acids is 1. The molecule has 0 spiro atoms. The second-order valence-corrected chi connectivity index (χ2v) is 7.24. The molecule has 1 heterocycles. The summed E-state index contributed by atoms with van der Waals surface area (Å²) in [6.45, 7) is 2.35. The lowest BCUT2D eigenvalue weighted by Gasteiger charge is -2.31. The van der Waals surface area contributed by atoms with Crippen molar-refractivity contribution in [3.63, 3.8) is 0 Å². The number of rotatable bonds is 4. The van der Waals surface area contributed by atoms with Gasteiger partial charge in [0.1, 0.15) is 0 Å². The Hall–Kier alpha value is -2.20. The molecule has 24 heavy (non-hydrogen) atoms. The van der Waals surface area contributed by atoms with Gasteiger partial charge in [-0.15, -0.1) is 0 Å². The first kappa shape index (κ1) is 18.1. The Balaban J connectivity index is 2.11. The summed E-state index contributed by atoms with van der Waals surface area (Å²) in [5, 5.41) is 10.9. The van der Waals surface area contributed by atoms with Gasteiger partial charge in [0.2, 0.25) is 10.0 Å². The highest BCUT2D eigenvalue weighted by Gasteiger charge is 2.28. The Morgan fingerprint density at radius 3 is 2.54 bits per heavy atom. The minimum absolute atomic E-state index is 0.105. The number of nitro benzene ring substituents is 1. The Bertz CT molecular complexity index is 741. The van der Waals surface area contributed by atoms with Crippen LogP contribution in [0.25, 0.3) is 0 Å².